The zero-order valence-corrected chi connectivity index (χ0v) is 22.5. The van der Waals surface area contributed by atoms with Crippen molar-refractivity contribution < 1.29 is 9.47 Å². The Labute approximate surface area is 209 Å². The molecule has 1 unspecified atom stereocenters. The van der Waals surface area contributed by atoms with Crippen LogP contribution in [0.3, 0.4) is 0 Å². The van der Waals surface area contributed by atoms with Crippen LogP contribution in [-0.2, 0) is 20.0 Å². The zero-order valence-electron chi connectivity index (χ0n) is 20.2. The number of nitrogens with one attached hydrogen (secondary N) is 2. The molecule has 1 heterocycles. The van der Waals surface area contributed by atoms with Crippen LogP contribution in [0.2, 0.25) is 0 Å². The predicted molar refractivity (Wildman–Crippen MR) is 140 cm³/mol. The van der Waals surface area contributed by atoms with Crippen molar-refractivity contribution in [3.8, 4) is 11.5 Å². The van der Waals surface area contributed by atoms with E-state index < -0.39 is 0 Å². The van der Waals surface area contributed by atoms with Crippen LogP contribution >= 0.6 is 24.0 Å². The SMILES string of the molecule is CN=C(NCc1ccc(OC)cc1OC1CCCC1)NC(C)Cc1c(C)nn(C)c1C.I. The van der Waals surface area contributed by atoms with E-state index in [0.717, 1.165) is 48.0 Å². The van der Waals surface area contributed by atoms with Crippen LogP contribution in [0.1, 0.15) is 55.1 Å². The summed E-state index contributed by atoms with van der Waals surface area (Å²) in [6.45, 7) is 6.98. The average molecular weight is 556 g/mol. The van der Waals surface area contributed by atoms with Crippen molar-refractivity contribution in [3.05, 3.63) is 40.7 Å². The van der Waals surface area contributed by atoms with Crippen molar-refractivity contribution >= 4 is 29.9 Å². The molecule has 3 rings (SSSR count). The maximum Gasteiger partial charge on any atom is 0.191 e. The van der Waals surface area contributed by atoms with E-state index in [0.29, 0.717) is 12.6 Å². The van der Waals surface area contributed by atoms with Gasteiger partial charge in [0.05, 0.1) is 18.9 Å². The number of rotatable bonds is 8. The highest BCUT2D eigenvalue weighted by atomic mass is 127. The number of guanidine groups is 1. The summed E-state index contributed by atoms with van der Waals surface area (Å²) in [5.41, 5.74) is 4.69. The molecule has 0 aliphatic heterocycles. The van der Waals surface area contributed by atoms with Crippen LogP contribution in [-0.4, -0.2) is 42.0 Å². The van der Waals surface area contributed by atoms with Gasteiger partial charge < -0.3 is 20.1 Å². The van der Waals surface area contributed by atoms with E-state index in [2.05, 4.69) is 47.6 Å². The summed E-state index contributed by atoms with van der Waals surface area (Å²) in [4.78, 5) is 4.41. The molecule has 0 radical (unpaired) electrons. The van der Waals surface area contributed by atoms with E-state index >= 15 is 0 Å². The lowest BCUT2D eigenvalue weighted by molar-refractivity contribution is 0.207. The number of aliphatic imine (C=N–C) groups is 1. The molecule has 2 N–H and O–H groups in total. The molecular formula is C24H38IN5O2. The molecule has 32 heavy (non-hydrogen) atoms. The highest BCUT2D eigenvalue weighted by Gasteiger charge is 2.19. The van der Waals surface area contributed by atoms with Crippen molar-refractivity contribution in [3.63, 3.8) is 0 Å². The van der Waals surface area contributed by atoms with Crippen LogP contribution < -0.4 is 20.1 Å². The fourth-order valence-corrected chi connectivity index (χ4v) is 4.18. The molecule has 0 amide bonds. The smallest absolute Gasteiger partial charge is 0.191 e. The topological polar surface area (TPSA) is 72.7 Å². The van der Waals surface area contributed by atoms with Gasteiger partial charge >= 0.3 is 0 Å². The van der Waals surface area contributed by atoms with Gasteiger partial charge in [-0.15, -0.1) is 24.0 Å². The van der Waals surface area contributed by atoms with Crippen molar-refractivity contribution in [2.45, 2.75) is 71.6 Å². The minimum absolute atomic E-state index is 0. The molecule has 0 spiro atoms. The van der Waals surface area contributed by atoms with Gasteiger partial charge in [0.15, 0.2) is 5.96 Å². The standard InChI is InChI=1S/C24H37N5O2.HI/c1-16(13-22-17(2)28-29(5)18(22)3)27-24(25-4)26-15-19-11-12-21(30-6)14-23(19)31-20-9-7-8-10-20;/h11-12,14,16,20H,7-10,13,15H2,1-6H3,(H2,25,26,27);1H. The summed E-state index contributed by atoms with van der Waals surface area (Å²) in [5, 5.41) is 11.5. The number of ether oxygens (including phenoxy) is 2. The average Bonchev–Trinajstić information content (AvgIpc) is 3.35. The summed E-state index contributed by atoms with van der Waals surface area (Å²) in [6.07, 6.45) is 5.93. The first-order valence-corrected chi connectivity index (χ1v) is 11.2. The molecule has 178 valence electrons. The van der Waals surface area contributed by atoms with Gasteiger partial charge in [0.2, 0.25) is 0 Å². The minimum atomic E-state index is 0. The first kappa shape index (κ1) is 26.3. The van der Waals surface area contributed by atoms with Gasteiger partial charge in [0, 0.05) is 44.0 Å². The van der Waals surface area contributed by atoms with Crippen LogP contribution in [0.5, 0.6) is 11.5 Å². The molecule has 1 atom stereocenters. The number of aryl methyl sites for hydroxylation is 2. The monoisotopic (exact) mass is 555 g/mol. The normalized spacial score (nSPS) is 15.2. The Hall–Kier alpha value is -1.97. The molecule has 1 aliphatic rings. The largest absolute Gasteiger partial charge is 0.497 e. The fraction of sp³-hybridized carbons (Fsp3) is 0.583. The molecule has 7 nitrogen and oxygen atoms in total. The number of hydrogen-bond donors (Lipinski definition) is 2. The molecule has 1 aromatic carbocycles. The summed E-state index contributed by atoms with van der Waals surface area (Å²) in [7, 11) is 5.47. The Morgan fingerprint density at radius 1 is 1.28 bits per heavy atom. The number of methoxy groups -OCH3 is 1. The molecule has 2 aromatic rings. The number of nitrogens with zero attached hydrogens (tertiary/aromatic N) is 3. The second-order valence-corrected chi connectivity index (χ2v) is 8.45. The summed E-state index contributed by atoms with van der Waals surface area (Å²) in [5.74, 6) is 2.48. The van der Waals surface area contributed by atoms with Crippen LogP contribution in [0.25, 0.3) is 0 Å². The highest BCUT2D eigenvalue weighted by Crippen LogP contribution is 2.30. The van der Waals surface area contributed by atoms with Crippen LogP contribution in [0.15, 0.2) is 23.2 Å². The number of aromatic nitrogens is 2. The van der Waals surface area contributed by atoms with E-state index in [1.807, 2.05) is 23.9 Å². The van der Waals surface area contributed by atoms with Crippen LogP contribution in [0.4, 0.5) is 0 Å². The van der Waals surface area contributed by atoms with Crippen LogP contribution in [0, 0.1) is 13.8 Å². The van der Waals surface area contributed by atoms with Crippen molar-refractivity contribution in [2.24, 2.45) is 12.0 Å². The zero-order chi connectivity index (χ0) is 22.4. The number of hydrogen-bond acceptors (Lipinski definition) is 4. The fourth-order valence-electron chi connectivity index (χ4n) is 4.18. The lowest BCUT2D eigenvalue weighted by Gasteiger charge is -2.20. The van der Waals surface area contributed by atoms with E-state index in [1.54, 1.807) is 14.2 Å². The Balaban J connectivity index is 0.00000363. The lowest BCUT2D eigenvalue weighted by Crippen LogP contribution is -2.42. The van der Waals surface area contributed by atoms with E-state index in [-0.39, 0.29) is 30.0 Å². The third kappa shape index (κ3) is 6.76. The summed E-state index contributed by atoms with van der Waals surface area (Å²) < 4.78 is 13.7. The van der Waals surface area contributed by atoms with Gasteiger partial charge in [0.1, 0.15) is 11.5 Å². The third-order valence-corrected chi connectivity index (χ3v) is 6.09. The minimum Gasteiger partial charge on any atom is -0.497 e. The summed E-state index contributed by atoms with van der Waals surface area (Å²) >= 11 is 0. The van der Waals surface area contributed by atoms with Gasteiger partial charge in [-0.05, 0) is 70.6 Å². The Morgan fingerprint density at radius 3 is 2.59 bits per heavy atom. The number of halogens is 1. The highest BCUT2D eigenvalue weighted by molar-refractivity contribution is 14.0. The van der Waals surface area contributed by atoms with Gasteiger partial charge in [-0.25, -0.2) is 0 Å². The molecule has 8 heteroatoms. The quantitative estimate of drug-likeness (QED) is 0.289. The Morgan fingerprint density at radius 2 is 2.00 bits per heavy atom. The molecule has 1 fully saturated rings. The molecule has 1 aromatic heterocycles. The molecule has 0 saturated heterocycles. The lowest BCUT2D eigenvalue weighted by atomic mass is 10.1. The molecule has 1 aliphatic carbocycles. The summed E-state index contributed by atoms with van der Waals surface area (Å²) in [6, 6.07) is 6.25. The first-order chi connectivity index (χ1) is 14.9. The molecule has 0 bridgehead atoms. The maximum absolute atomic E-state index is 6.31. The van der Waals surface area contributed by atoms with E-state index in [9.17, 15) is 0 Å². The first-order valence-electron chi connectivity index (χ1n) is 11.2. The Bertz CT molecular complexity index is 906. The second-order valence-electron chi connectivity index (χ2n) is 8.45. The van der Waals surface area contributed by atoms with Gasteiger partial charge in [-0.3, -0.25) is 9.67 Å². The Kier molecular flexibility index (Phi) is 10.1. The maximum atomic E-state index is 6.31. The van der Waals surface area contributed by atoms with Crippen molar-refractivity contribution in [1.82, 2.24) is 20.4 Å². The van der Waals surface area contributed by atoms with Gasteiger partial charge in [-0.2, -0.15) is 5.10 Å². The van der Waals surface area contributed by atoms with E-state index in [4.69, 9.17) is 9.47 Å². The second kappa shape index (κ2) is 12.3. The third-order valence-electron chi connectivity index (χ3n) is 6.09. The molecule has 1 saturated carbocycles. The predicted octanol–water partition coefficient (Wildman–Crippen LogP) is 4.28. The van der Waals surface area contributed by atoms with Gasteiger partial charge in [0.25, 0.3) is 0 Å². The van der Waals surface area contributed by atoms with Crippen molar-refractivity contribution in [1.29, 1.82) is 0 Å². The van der Waals surface area contributed by atoms with E-state index in [1.165, 1.54) is 24.1 Å². The molecular weight excluding hydrogens is 517 g/mol. The number of benzene rings is 1. The van der Waals surface area contributed by atoms with Crippen molar-refractivity contribution in [2.75, 3.05) is 14.2 Å². The van der Waals surface area contributed by atoms with Gasteiger partial charge in [-0.1, -0.05) is 0 Å².